The maximum atomic E-state index is 12.3. The van der Waals surface area contributed by atoms with Crippen LogP contribution < -0.4 is 9.62 Å². The van der Waals surface area contributed by atoms with Crippen molar-refractivity contribution in [1.29, 1.82) is 0 Å². The highest BCUT2D eigenvalue weighted by atomic mass is 32.2. The molecule has 1 fully saturated rings. The Hall–Kier alpha value is -1.18. The molecule has 0 unspecified atom stereocenters. The number of hydrogen-bond donors (Lipinski definition) is 1. The average molecular weight is 256 g/mol. The predicted molar refractivity (Wildman–Crippen MR) is 66.0 cm³/mol. The Kier molecular flexibility index (Phi) is 3.60. The highest BCUT2D eigenvalue weighted by Crippen LogP contribution is 2.17. The smallest absolute Gasteiger partial charge is 0.303 e. The molecule has 0 saturated carbocycles. The molecule has 6 nitrogen and oxygen atoms in total. The maximum absolute atomic E-state index is 12.3. The molecule has 17 heavy (non-hydrogen) atoms. The zero-order valence-electron chi connectivity index (χ0n) is 9.70. The molecule has 1 aliphatic heterocycles. The van der Waals surface area contributed by atoms with Gasteiger partial charge in [0.2, 0.25) is 0 Å². The van der Waals surface area contributed by atoms with Crippen molar-refractivity contribution in [2.45, 2.75) is 0 Å². The van der Waals surface area contributed by atoms with Crippen LogP contribution in [-0.2, 0) is 10.2 Å². The van der Waals surface area contributed by atoms with Crippen LogP contribution in [0, 0.1) is 0 Å². The molecule has 1 aliphatic rings. The third-order valence-corrected chi connectivity index (χ3v) is 4.68. The van der Waals surface area contributed by atoms with E-state index in [9.17, 15) is 8.42 Å². The summed E-state index contributed by atoms with van der Waals surface area (Å²) in [6.07, 6.45) is 3.16. The first-order chi connectivity index (χ1) is 8.12. The Bertz CT molecular complexity index is 456. The van der Waals surface area contributed by atoms with Crippen molar-refractivity contribution in [2.24, 2.45) is 0 Å². The van der Waals surface area contributed by atoms with Crippen LogP contribution in [0.5, 0.6) is 0 Å². The van der Waals surface area contributed by atoms with Gasteiger partial charge in [-0.1, -0.05) is 0 Å². The van der Waals surface area contributed by atoms with Gasteiger partial charge < -0.3 is 5.32 Å². The van der Waals surface area contributed by atoms with Crippen molar-refractivity contribution in [3.05, 3.63) is 24.5 Å². The van der Waals surface area contributed by atoms with Crippen molar-refractivity contribution < 1.29 is 8.42 Å². The normalized spacial score (nSPS) is 17.9. The van der Waals surface area contributed by atoms with Gasteiger partial charge in [-0.15, -0.1) is 0 Å². The summed E-state index contributed by atoms with van der Waals surface area (Å²) in [7, 11) is -1.88. The van der Waals surface area contributed by atoms with Crippen LogP contribution in [0.4, 0.5) is 5.69 Å². The van der Waals surface area contributed by atoms with E-state index in [-0.39, 0.29) is 0 Å². The van der Waals surface area contributed by atoms with Crippen LogP contribution in [0.15, 0.2) is 24.5 Å². The zero-order chi connectivity index (χ0) is 12.3. The monoisotopic (exact) mass is 256 g/mol. The summed E-state index contributed by atoms with van der Waals surface area (Å²) >= 11 is 0. The van der Waals surface area contributed by atoms with Gasteiger partial charge in [0.05, 0.1) is 11.9 Å². The van der Waals surface area contributed by atoms with E-state index in [0.717, 1.165) is 0 Å². The van der Waals surface area contributed by atoms with E-state index in [2.05, 4.69) is 10.3 Å². The molecule has 0 radical (unpaired) electrons. The molecule has 0 spiro atoms. The predicted octanol–water partition coefficient (Wildman–Crippen LogP) is -0.332. The lowest BCUT2D eigenvalue weighted by Crippen LogP contribution is -2.51. The van der Waals surface area contributed by atoms with Gasteiger partial charge in [-0.25, -0.2) is 0 Å². The molecule has 1 saturated heterocycles. The molecule has 0 aromatic carbocycles. The van der Waals surface area contributed by atoms with Crippen molar-refractivity contribution in [3.8, 4) is 0 Å². The number of nitrogens with zero attached hydrogens (tertiary/aromatic N) is 3. The van der Waals surface area contributed by atoms with Crippen LogP contribution in [0.25, 0.3) is 0 Å². The lowest BCUT2D eigenvalue weighted by Gasteiger charge is -2.31. The number of piperazine rings is 1. The van der Waals surface area contributed by atoms with E-state index in [4.69, 9.17) is 0 Å². The summed E-state index contributed by atoms with van der Waals surface area (Å²) in [5.41, 5.74) is 0.575. The molecule has 1 N–H and O–H groups in total. The largest absolute Gasteiger partial charge is 0.314 e. The summed E-state index contributed by atoms with van der Waals surface area (Å²) < 4.78 is 27.3. The SMILES string of the molecule is CN(c1cccnc1)S(=O)(=O)N1CCNCC1. The minimum absolute atomic E-state index is 0.507. The topological polar surface area (TPSA) is 65.5 Å². The van der Waals surface area contributed by atoms with E-state index in [1.54, 1.807) is 31.6 Å². The van der Waals surface area contributed by atoms with E-state index < -0.39 is 10.2 Å². The Balaban J connectivity index is 2.20. The molecule has 0 bridgehead atoms. The van der Waals surface area contributed by atoms with Gasteiger partial charge in [-0.05, 0) is 12.1 Å². The molecule has 1 aromatic heterocycles. The second-order valence-corrected chi connectivity index (χ2v) is 5.80. The maximum Gasteiger partial charge on any atom is 0.303 e. The second kappa shape index (κ2) is 4.99. The number of anilines is 1. The summed E-state index contributed by atoms with van der Waals surface area (Å²) in [6, 6.07) is 3.45. The minimum Gasteiger partial charge on any atom is -0.314 e. The number of rotatable bonds is 3. The molecule has 2 rings (SSSR count). The molecule has 2 heterocycles. The summed E-state index contributed by atoms with van der Waals surface area (Å²) in [4.78, 5) is 3.93. The molecule has 0 atom stereocenters. The lowest BCUT2D eigenvalue weighted by molar-refractivity contribution is 0.359. The standard InChI is InChI=1S/C10H16N4O2S/c1-13(10-3-2-4-12-9-10)17(15,16)14-7-5-11-6-8-14/h2-4,9,11H,5-8H2,1H3. The summed E-state index contributed by atoms with van der Waals surface area (Å²) in [5.74, 6) is 0. The third-order valence-electron chi connectivity index (χ3n) is 2.76. The Labute approximate surface area is 101 Å². The molecule has 0 aliphatic carbocycles. The van der Waals surface area contributed by atoms with Crippen LogP contribution in [0.3, 0.4) is 0 Å². The van der Waals surface area contributed by atoms with Gasteiger partial charge >= 0.3 is 10.2 Å². The summed E-state index contributed by atoms with van der Waals surface area (Å²) in [6.45, 7) is 2.40. The molecular weight excluding hydrogens is 240 g/mol. The number of pyridine rings is 1. The minimum atomic E-state index is -3.43. The average Bonchev–Trinajstić information content (AvgIpc) is 2.40. The first kappa shape index (κ1) is 12.3. The van der Waals surface area contributed by atoms with Gasteiger partial charge in [0.15, 0.2) is 0 Å². The molecule has 7 heteroatoms. The van der Waals surface area contributed by atoms with Crippen LogP contribution >= 0.6 is 0 Å². The zero-order valence-corrected chi connectivity index (χ0v) is 10.5. The first-order valence-electron chi connectivity index (χ1n) is 5.47. The Morgan fingerprint density at radius 3 is 2.71 bits per heavy atom. The molecule has 1 aromatic rings. The van der Waals surface area contributed by atoms with E-state index >= 15 is 0 Å². The van der Waals surface area contributed by atoms with Crippen LogP contribution in [-0.4, -0.2) is 50.9 Å². The highest BCUT2D eigenvalue weighted by Gasteiger charge is 2.28. The van der Waals surface area contributed by atoms with Crippen LogP contribution in [0.2, 0.25) is 0 Å². The van der Waals surface area contributed by atoms with Crippen molar-refractivity contribution in [2.75, 3.05) is 37.5 Å². The van der Waals surface area contributed by atoms with E-state index in [1.807, 2.05) is 0 Å². The van der Waals surface area contributed by atoms with Gasteiger partial charge in [-0.3, -0.25) is 9.29 Å². The fourth-order valence-corrected chi connectivity index (χ4v) is 3.09. The fourth-order valence-electron chi connectivity index (χ4n) is 1.72. The fraction of sp³-hybridized carbons (Fsp3) is 0.500. The van der Waals surface area contributed by atoms with Crippen LogP contribution in [0.1, 0.15) is 0 Å². The molecule has 94 valence electrons. The lowest BCUT2D eigenvalue weighted by atomic mass is 10.4. The van der Waals surface area contributed by atoms with Gasteiger partial charge in [0, 0.05) is 39.4 Å². The Morgan fingerprint density at radius 1 is 1.41 bits per heavy atom. The highest BCUT2D eigenvalue weighted by molar-refractivity contribution is 7.90. The third kappa shape index (κ3) is 2.56. The van der Waals surface area contributed by atoms with E-state index in [1.165, 1.54) is 8.61 Å². The molecule has 0 amide bonds. The molecular formula is C10H16N4O2S. The van der Waals surface area contributed by atoms with Gasteiger partial charge in [-0.2, -0.15) is 12.7 Å². The first-order valence-corrected chi connectivity index (χ1v) is 6.87. The quantitative estimate of drug-likeness (QED) is 0.804. The number of hydrogen-bond acceptors (Lipinski definition) is 4. The van der Waals surface area contributed by atoms with Crippen molar-refractivity contribution >= 4 is 15.9 Å². The number of aromatic nitrogens is 1. The van der Waals surface area contributed by atoms with E-state index in [0.29, 0.717) is 31.9 Å². The Morgan fingerprint density at radius 2 is 2.12 bits per heavy atom. The second-order valence-electron chi connectivity index (χ2n) is 3.84. The van der Waals surface area contributed by atoms with Gasteiger partial charge in [0.25, 0.3) is 0 Å². The van der Waals surface area contributed by atoms with Crippen molar-refractivity contribution in [3.63, 3.8) is 0 Å². The van der Waals surface area contributed by atoms with Gasteiger partial charge in [0.1, 0.15) is 0 Å². The number of nitrogens with one attached hydrogen (secondary N) is 1. The van der Waals surface area contributed by atoms with Crippen molar-refractivity contribution in [1.82, 2.24) is 14.6 Å². The summed E-state index contributed by atoms with van der Waals surface area (Å²) in [5, 5.41) is 3.13.